The molecule has 1 atom stereocenters. The molecular weight excluding hydrogens is 376 g/mol. The summed E-state index contributed by atoms with van der Waals surface area (Å²) in [6, 6.07) is 11.4. The summed E-state index contributed by atoms with van der Waals surface area (Å²) in [5.41, 5.74) is 2.77. The van der Waals surface area contributed by atoms with E-state index in [1.165, 1.54) is 0 Å². The average Bonchev–Trinajstić information content (AvgIpc) is 3.25. The summed E-state index contributed by atoms with van der Waals surface area (Å²) in [4.78, 5) is 21.8. The number of aromatic nitrogens is 2. The standard InChI is InChI=1S/C20H22N4O3S/c1-24(16-8-9-28(26,27)13-16)15-6-7-19(22-12-15)23-20(25)10-14-11-21-18-5-3-2-4-17(14)18/h2-7,11-12,16,21H,8-10,13H2,1H3,(H,22,23,25). The number of hydrogen-bond donors (Lipinski definition) is 2. The molecule has 0 saturated carbocycles. The van der Waals surface area contributed by atoms with Crippen molar-refractivity contribution in [3.63, 3.8) is 0 Å². The molecule has 2 N–H and O–H groups in total. The van der Waals surface area contributed by atoms with Gasteiger partial charge in [-0.2, -0.15) is 0 Å². The monoisotopic (exact) mass is 398 g/mol. The topological polar surface area (TPSA) is 95.2 Å². The van der Waals surface area contributed by atoms with Crippen LogP contribution in [0.1, 0.15) is 12.0 Å². The van der Waals surface area contributed by atoms with Gasteiger partial charge >= 0.3 is 0 Å². The van der Waals surface area contributed by atoms with Crippen molar-refractivity contribution in [1.82, 2.24) is 9.97 Å². The van der Waals surface area contributed by atoms with Gasteiger partial charge in [0.1, 0.15) is 5.82 Å². The number of para-hydroxylation sites is 1. The first-order chi connectivity index (χ1) is 13.4. The number of anilines is 2. The van der Waals surface area contributed by atoms with E-state index in [9.17, 15) is 13.2 Å². The van der Waals surface area contributed by atoms with Crippen LogP contribution in [-0.2, 0) is 21.1 Å². The lowest BCUT2D eigenvalue weighted by molar-refractivity contribution is -0.115. The maximum absolute atomic E-state index is 12.4. The Morgan fingerprint density at radius 2 is 2.11 bits per heavy atom. The quantitative estimate of drug-likeness (QED) is 0.688. The zero-order valence-corrected chi connectivity index (χ0v) is 16.4. The van der Waals surface area contributed by atoms with Crippen molar-refractivity contribution in [1.29, 1.82) is 0 Å². The molecule has 1 aliphatic heterocycles. The number of nitrogens with zero attached hydrogens (tertiary/aromatic N) is 2. The zero-order chi connectivity index (χ0) is 19.7. The van der Waals surface area contributed by atoms with Crippen molar-refractivity contribution in [2.24, 2.45) is 0 Å². The van der Waals surface area contributed by atoms with Crippen LogP contribution in [0.25, 0.3) is 10.9 Å². The second kappa shape index (κ2) is 7.27. The van der Waals surface area contributed by atoms with E-state index >= 15 is 0 Å². The number of nitrogens with one attached hydrogen (secondary N) is 2. The van der Waals surface area contributed by atoms with Crippen molar-refractivity contribution >= 4 is 38.2 Å². The Kier molecular flexibility index (Phi) is 4.80. The van der Waals surface area contributed by atoms with Gasteiger partial charge in [0.25, 0.3) is 0 Å². The molecule has 0 bridgehead atoms. The van der Waals surface area contributed by atoms with Crippen molar-refractivity contribution in [3.05, 3.63) is 54.4 Å². The van der Waals surface area contributed by atoms with Crippen LogP contribution >= 0.6 is 0 Å². The molecule has 28 heavy (non-hydrogen) atoms. The molecule has 1 amide bonds. The van der Waals surface area contributed by atoms with Crippen LogP contribution in [0.2, 0.25) is 0 Å². The molecular formula is C20H22N4O3S. The number of fused-ring (bicyclic) bond motifs is 1. The minimum absolute atomic E-state index is 0.0332. The van der Waals surface area contributed by atoms with Gasteiger partial charge in [-0.05, 0) is 30.2 Å². The molecule has 7 nitrogen and oxygen atoms in total. The lowest BCUT2D eigenvalue weighted by atomic mass is 10.1. The fourth-order valence-electron chi connectivity index (χ4n) is 3.60. The lowest BCUT2D eigenvalue weighted by Crippen LogP contribution is -2.32. The molecule has 0 aliphatic carbocycles. The minimum atomic E-state index is -2.93. The fraction of sp³-hybridized carbons (Fsp3) is 0.300. The first kappa shape index (κ1) is 18.5. The Morgan fingerprint density at radius 1 is 1.29 bits per heavy atom. The Morgan fingerprint density at radius 3 is 2.82 bits per heavy atom. The summed E-state index contributed by atoms with van der Waals surface area (Å²) in [5.74, 6) is 0.741. The highest BCUT2D eigenvalue weighted by atomic mass is 32.2. The summed E-state index contributed by atoms with van der Waals surface area (Å²) < 4.78 is 23.3. The maximum atomic E-state index is 12.4. The largest absolute Gasteiger partial charge is 0.369 e. The van der Waals surface area contributed by atoms with Crippen molar-refractivity contribution in [2.45, 2.75) is 18.9 Å². The number of rotatable bonds is 5. The normalized spacial score (nSPS) is 18.2. The Balaban J connectivity index is 1.39. The van der Waals surface area contributed by atoms with Gasteiger partial charge in [-0.3, -0.25) is 4.79 Å². The highest BCUT2D eigenvalue weighted by Gasteiger charge is 2.30. The predicted molar refractivity (Wildman–Crippen MR) is 110 cm³/mol. The molecule has 1 fully saturated rings. The first-order valence-electron chi connectivity index (χ1n) is 9.15. The van der Waals surface area contributed by atoms with Gasteiger partial charge in [0.05, 0.1) is 29.8 Å². The number of hydrogen-bond acceptors (Lipinski definition) is 5. The van der Waals surface area contributed by atoms with E-state index in [0.717, 1.165) is 22.2 Å². The second-order valence-corrected chi connectivity index (χ2v) is 9.38. The third kappa shape index (κ3) is 3.87. The SMILES string of the molecule is CN(c1ccc(NC(=O)Cc2c[nH]c3ccccc23)nc1)C1CCS(=O)(=O)C1. The predicted octanol–water partition coefficient (Wildman–Crippen LogP) is 2.37. The zero-order valence-electron chi connectivity index (χ0n) is 15.6. The average molecular weight is 398 g/mol. The number of sulfone groups is 1. The van der Waals surface area contributed by atoms with Crippen LogP contribution in [0, 0.1) is 0 Å². The molecule has 1 unspecified atom stereocenters. The molecule has 1 aromatic carbocycles. The molecule has 146 valence electrons. The van der Waals surface area contributed by atoms with Crippen LogP contribution in [0.4, 0.5) is 11.5 Å². The Bertz CT molecular complexity index is 1110. The van der Waals surface area contributed by atoms with Gasteiger partial charge < -0.3 is 15.2 Å². The number of carbonyl (C=O) groups excluding carboxylic acids is 1. The number of pyridine rings is 1. The van der Waals surface area contributed by atoms with Crippen molar-refractivity contribution < 1.29 is 13.2 Å². The van der Waals surface area contributed by atoms with Crippen molar-refractivity contribution in [3.8, 4) is 0 Å². The smallest absolute Gasteiger partial charge is 0.230 e. The van der Waals surface area contributed by atoms with Crippen LogP contribution in [-0.4, -0.2) is 48.9 Å². The van der Waals surface area contributed by atoms with E-state index in [1.807, 2.05) is 48.5 Å². The second-order valence-electron chi connectivity index (χ2n) is 7.15. The van der Waals surface area contributed by atoms with E-state index in [-0.39, 0.29) is 29.9 Å². The maximum Gasteiger partial charge on any atom is 0.230 e. The van der Waals surface area contributed by atoms with E-state index < -0.39 is 9.84 Å². The molecule has 3 aromatic rings. The summed E-state index contributed by atoms with van der Waals surface area (Å²) in [7, 11) is -1.06. The van der Waals surface area contributed by atoms with E-state index in [1.54, 1.807) is 12.3 Å². The van der Waals surface area contributed by atoms with E-state index in [2.05, 4.69) is 15.3 Å². The van der Waals surface area contributed by atoms with E-state index in [0.29, 0.717) is 12.2 Å². The van der Waals surface area contributed by atoms with Crippen LogP contribution in [0.15, 0.2) is 48.8 Å². The van der Waals surface area contributed by atoms with Crippen LogP contribution in [0.5, 0.6) is 0 Å². The summed E-state index contributed by atoms with van der Waals surface area (Å²) in [6.07, 6.45) is 4.40. The number of benzene rings is 1. The summed E-state index contributed by atoms with van der Waals surface area (Å²) in [6.45, 7) is 0. The Hall–Kier alpha value is -2.87. The molecule has 8 heteroatoms. The number of aromatic amines is 1. The van der Waals surface area contributed by atoms with Crippen LogP contribution in [0.3, 0.4) is 0 Å². The van der Waals surface area contributed by atoms with Gasteiger partial charge in [-0.1, -0.05) is 18.2 Å². The van der Waals surface area contributed by atoms with Gasteiger partial charge in [-0.15, -0.1) is 0 Å². The highest BCUT2D eigenvalue weighted by Crippen LogP contribution is 2.23. The fourth-order valence-corrected chi connectivity index (χ4v) is 5.37. The molecule has 4 rings (SSSR count). The van der Waals surface area contributed by atoms with Gasteiger partial charge in [0.15, 0.2) is 9.84 Å². The Labute approximate surface area is 163 Å². The number of amides is 1. The molecule has 1 saturated heterocycles. The lowest BCUT2D eigenvalue weighted by Gasteiger charge is -2.25. The molecule has 3 heterocycles. The summed E-state index contributed by atoms with van der Waals surface area (Å²) >= 11 is 0. The minimum Gasteiger partial charge on any atom is -0.369 e. The molecule has 1 aliphatic rings. The van der Waals surface area contributed by atoms with Crippen LogP contribution < -0.4 is 10.2 Å². The van der Waals surface area contributed by atoms with Gasteiger partial charge in [0.2, 0.25) is 5.91 Å². The number of carbonyl (C=O) groups is 1. The van der Waals surface area contributed by atoms with Gasteiger partial charge in [-0.25, -0.2) is 13.4 Å². The molecule has 0 radical (unpaired) electrons. The third-order valence-electron chi connectivity index (χ3n) is 5.20. The third-order valence-corrected chi connectivity index (χ3v) is 6.96. The number of H-pyrrole nitrogens is 1. The molecule has 0 spiro atoms. The van der Waals surface area contributed by atoms with E-state index in [4.69, 9.17) is 0 Å². The first-order valence-corrected chi connectivity index (χ1v) is 11.0. The summed E-state index contributed by atoms with van der Waals surface area (Å²) in [5, 5.41) is 3.85. The van der Waals surface area contributed by atoms with Crippen molar-refractivity contribution in [2.75, 3.05) is 28.8 Å². The molecule has 2 aromatic heterocycles. The highest BCUT2D eigenvalue weighted by molar-refractivity contribution is 7.91. The van der Waals surface area contributed by atoms with Gasteiger partial charge in [0, 0.05) is 30.2 Å².